The molecule has 3 amide bonds. The van der Waals surface area contributed by atoms with Gasteiger partial charge in [0.2, 0.25) is 11.8 Å². The van der Waals surface area contributed by atoms with Crippen LogP contribution < -0.4 is 5.32 Å². The Morgan fingerprint density at radius 2 is 1.76 bits per heavy atom. The van der Waals surface area contributed by atoms with Gasteiger partial charge in [0.05, 0.1) is 6.54 Å². The summed E-state index contributed by atoms with van der Waals surface area (Å²) in [6.07, 6.45) is -0.0194. The summed E-state index contributed by atoms with van der Waals surface area (Å²) in [5.74, 6) is -0.582. The molecule has 0 aliphatic carbocycles. The monoisotopic (exact) mass is 354 g/mol. The molecule has 0 saturated carbocycles. The summed E-state index contributed by atoms with van der Waals surface area (Å²) in [7, 11) is 0. The highest BCUT2D eigenvalue weighted by atomic mass is 32.2. The normalized spacial score (nSPS) is 17.0. The van der Waals surface area contributed by atoms with Gasteiger partial charge in [0.1, 0.15) is 5.25 Å². The van der Waals surface area contributed by atoms with E-state index in [2.05, 4.69) is 5.32 Å². The van der Waals surface area contributed by atoms with Crippen molar-refractivity contribution in [3.8, 4) is 0 Å². The second-order valence-corrected chi connectivity index (χ2v) is 7.05. The molecule has 128 valence electrons. The third-order valence-electron chi connectivity index (χ3n) is 3.89. The van der Waals surface area contributed by atoms with E-state index < -0.39 is 5.25 Å². The van der Waals surface area contributed by atoms with Crippen molar-refractivity contribution in [3.05, 3.63) is 65.7 Å². The van der Waals surface area contributed by atoms with Crippen LogP contribution in [-0.2, 0) is 16.1 Å². The Kier molecular flexibility index (Phi) is 5.19. The summed E-state index contributed by atoms with van der Waals surface area (Å²) in [6.45, 7) is 2.20. The fraction of sp³-hybridized carbons (Fsp3) is 0.211. The lowest BCUT2D eigenvalue weighted by Gasteiger charge is -2.14. The first-order chi connectivity index (χ1) is 12.0. The van der Waals surface area contributed by atoms with Crippen LogP contribution >= 0.6 is 11.8 Å². The highest BCUT2D eigenvalue weighted by molar-refractivity contribution is 8.15. The van der Waals surface area contributed by atoms with Crippen LogP contribution in [0.2, 0.25) is 0 Å². The molecule has 2 aromatic carbocycles. The molecule has 5 nitrogen and oxygen atoms in total. The number of carbonyl (C=O) groups is 3. The number of hydrogen-bond donors (Lipinski definition) is 1. The van der Waals surface area contributed by atoms with Crippen molar-refractivity contribution in [2.45, 2.75) is 25.1 Å². The largest absolute Gasteiger partial charge is 0.326 e. The fourth-order valence-corrected chi connectivity index (χ4v) is 3.54. The number of hydrogen-bond acceptors (Lipinski definition) is 4. The van der Waals surface area contributed by atoms with Gasteiger partial charge in [-0.15, -0.1) is 0 Å². The third-order valence-corrected chi connectivity index (χ3v) is 4.97. The highest BCUT2D eigenvalue weighted by Gasteiger charge is 2.40. The molecule has 25 heavy (non-hydrogen) atoms. The molecule has 2 aromatic rings. The van der Waals surface area contributed by atoms with Crippen molar-refractivity contribution in [1.82, 2.24) is 4.90 Å². The maximum atomic E-state index is 12.5. The zero-order valence-corrected chi connectivity index (χ0v) is 14.6. The summed E-state index contributed by atoms with van der Waals surface area (Å²) in [5, 5.41) is 1.79. The summed E-state index contributed by atoms with van der Waals surface area (Å²) >= 11 is 0.919. The molecule has 0 aromatic heterocycles. The van der Waals surface area contributed by atoms with E-state index in [4.69, 9.17) is 0 Å². The third kappa shape index (κ3) is 4.28. The topological polar surface area (TPSA) is 66.5 Å². The number of benzene rings is 2. The van der Waals surface area contributed by atoms with Crippen LogP contribution in [0.25, 0.3) is 0 Å². The highest BCUT2D eigenvalue weighted by Crippen LogP contribution is 2.30. The molecule has 1 aliphatic rings. The van der Waals surface area contributed by atoms with Crippen molar-refractivity contribution < 1.29 is 14.4 Å². The number of nitrogens with one attached hydrogen (secondary N) is 1. The van der Waals surface area contributed by atoms with Crippen molar-refractivity contribution in [2.75, 3.05) is 5.32 Å². The van der Waals surface area contributed by atoms with Gasteiger partial charge in [0, 0.05) is 12.1 Å². The second kappa shape index (κ2) is 7.53. The van der Waals surface area contributed by atoms with Gasteiger partial charge >= 0.3 is 0 Å². The van der Waals surface area contributed by atoms with Crippen LogP contribution in [0, 0.1) is 6.92 Å². The number of aryl methyl sites for hydroxylation is 1. The second-order valence-electron chi connectivity index (χ2n) is 5.90. The van der Waals surface area contributed by atoms with Crippen LogP contribution in [0.4, 0.5) is 10.5 Å². The Bertz CT molecular complexity index is 790. The standard InChI is InChI=1S/C19H18N2O3S/c1-13-7-9-15(10-8-13)20-17(22)11-16-18(23)21(19(24)25-16)12-14-5-3-2-4-6-14/h2-10,16H,11-12H2,1H3,(H,20,22)/t16-/m1/s1. The summed E-state index contributed by atoms with van der Waals surface area (Å²) in [5.41, 5.74) is 2.66. The molecule has 1 saturated heterocycles. The zero-order valence-electron chi connectivity index (χ0n) is 13.8. The van der Waals surface area contributed by atoms with Crippen LogP contribution in [0.5, 0.6) is 0 Å². The Morgan fingerprint density at radius 3 is 2.44 bits per heavy atom. The van der Waals surface area contributed by atoms with Gasteiger partial charge in [-0.25, -0.2) is 0 Å². The lowest BCUT2D eigenvalue weighted by molar-refractivity contribution is -0.129. The minimum atomic E-state index is -0.665. The summed E-state index contributed by atoms with van der Waals surface area (Å²) < 4.78 is 0. The summed E-state index contributed by atoms with van der Waals surface area (Å²) in [4.78, 5) is 37.9. The molecule has 0 unspecified atom stereocenters. The van der Waals surface area contributed by atoms with E-state index >= 15 is 0 Å². The number of imide groups is 1. The first-order valence-corrected chi connectivity index (χ1v) is 8.83. The molecule has 0 bridgehead atoms. The van der Waals surface area contributed by atoms with E-state index in [0.29, 0.717) is 5.69 Å². The Labute approximate surface area is 150 Å². The number of nitrogens with zero attached hydrogens (tertiary/aromatic N) is 1. The van der Waals surface area contributed by atoms with E-state index in [1.54, 1.807) is 0 Å². The van der Waals surface area contributed by atoms with Crippen molar-refractivity contribution in [3.63, 3.8) is 0 Å². The molecular formula is C19H18N2O3S. The number of thioether (sulfide) groups is 1. The molecule has 0 radical (unpaired) electrons. The van der Waals surface area contributed by atoms with Crippen molar-refractivity contribution >= 4 is 34.5 Å². The SMILES string of the molecule is Cc1ccc(NC(=O)C[C@H]2SC(=O)N(Cc3ccccc3)C2=O)cc1. The van der Waals surface area contributed by atoms with Gasteiger partial charge in [0.15, 0.2) is 0 Å². The average molecular weight is 354 g/mol. The van der Waals surface area contributed by atoms with E-state index in [1.807, 2.05) is 61.5 Å². The van der Waals surface area contributed by atoms with E-state index in [1.165, 1.54) is 4.90 Å². The number of anilines is 1. The molecule has 1 heterocycles. The molecule has 1 aliphatic heterocycles. The number of amides is 3. The zero-order chi connectivity index (χ0) is 17.8. The lowest BCUT2D eigenvalue weighted by Crippen LogP contribution is -2.32. The quantitative estimate of drug-likeness (QED) is 0.891. The first kappa shape index (κ1) is 17.2. The molecule has 1 N–H and O–H groups in total. The van der Waals surface area contributed by atoms with E-state index in [-0.39, 0.29) is 30.0 Å². The molecule has 3 rings (SSSR count). The van der Waals surface area contributed by atoms with Gasteiger partial charge in [-0.1, -0.05) is 59.8 Å². The molecule has 0 spiro atoms. The van der Waals surface area contributed by atoms with Gasteiger partial charge in [-0.3, -0.25) is 19.3 Å². The van der Waals surface area contributed by atoms with Crippen LogP contribution in [0.3, 0.4) is 0 Å². The molecule has 1 atom stereocenters. The van der Waals surface area contributed by atoms with E-state index in [0.717, 1.165) is 22.9 Å². The first-order valence-electron chi connectivity index (χ1n) is 7.95. The smallest absolute Gasteiger partial charge is 0.289 e. The van der Waals surface area contributed by atoms with Crippen LogP contribution in [-0.4, -0.2) is 27.2 Å². The fourth-order valence-electron chi connectivity index (χ4n) is 2.55. The van der Waals surface area contributed by atoms with Crippen molar-refractivity contribution in [2.24, 2.45) is 0 Å². The Hall–Kier alpha value is -2.60. The summed E-state index contributed by atoms with van der Waals surface area (Å²) in [6, 6.07) is 16.7. The van der Waals surface area contributed by atoms with Crippen LogP contribution in [0.1, 0.15) is 17.5 Å². The van der Waals surface area contributed by atoms with Crippen LogP contribution in [0.15, 0.2) is 54.6 Å². The Morgan fingerprint density at radius 1 is 1.08 bits per heavy atom. The predicted octanol–water partition coefficient (Wildman–Crippen LogP) is 3.59. The van der Waals surface area contributed by atoms with Gasteiger partial charge in [-0.2, -0.15) is 0 Å². The minimum absolute atomic E-state index is 0.0194. The van der Waals surface area contributed by atoms with Gasteiger partial charge in [-0.05, 0) is 24.6 Å². The predicted molar refractivity (Wildman–Crippen MR) is 98.2 cm³/mol. The van der Waals surface area contributed by atoms with Gasteiger partial charge in [0.25, 0.3) is 5.24 Å². The van der Waals surface area contributed by atoms with Gasteiger partial charge < -0.3 is 5.32 Å². The molecular weight excluding hydrogens is 336 g/mol. The van der Waals surface area contributed by atoms with Crippen molar-refractivity contribution in [1.29, 1.82) is 0 Å². The molecule has 1 fully saturated rings. The minimum Gasteiger partial charge on any atom is -0.326 e. The number of rotatable bonds is 5. The lowest BCUT2D eigenvalue weighted by atomic mass is 10.2. The maximum absolute atomic E-state index is 12.5. The molecule has 6 heteroatoms. The maximum Gasteiger partial charge on any atom is 0.289 e. The average Bonchev–Trinajstić information content (AvgIpc) is 2.85. The Balaban J connectivity index is 1.59. The van der Waals surface area contributed by atoms with E-state index in [9.17, 15) is 14.4 Å². The number of carbonyl (C=O) groups excluding carboxylic acids is 3.